The molecule has 0 spiro atoms. The van der Waals surface area contributed by atoms with Gasteiger partial charge in [-0.1, -0.05) is 13.8 Å². The third-order valence-electron chi connectivity index (χ3n) is 5.03. The first kappa shape index (κ1) is 24.7. The second kappa shape index (κ2) is 11.7. The van der Waals surface area contributed by atoms with Gasteiger partial charge in [-0.25, -0.2) is 9.78 Å². The number of hydrogen-bond acceptors (Lipinski definition) is 7. The Morgan fingerprint density at radius 3 is 2.42 bits per heavy atom. The number of rotatable bonds is 11. The molecule has 0 saturated carbocycles. The van der Waals surface area contributed by atoms with Crippen molar-refractivity contribution in [3.8, 4) is 0 Å². The maximum atomic E-state index is 12.8. The van der Waals surface area contributed by atoms with E-state index in [2.05, 4.69) is 43.9 Å². The number of imidazole rings is 1. The second-order valence-electron chi connectivity index (χ2n) is 7.80. The van der Waals surface area contributed by atoms with E-state index in [4.69, 9.17) is 0 Å². The highest BCUT2D eigenvalue weighted by Gasteiger charge is 2.32. The molecule has 0 radical (unpaired) electrons. The number of nitrogens with one attached hydrogen (secondary N) is 5. The van der Waals surface area contributed by atoms with Crippen molar-refractivity contribution in [3.05, 3.63) is 18.2 Å². The van der Waals surface area contributed by atoms with Gasteiger partial charge < -0.3 is 31.4 Å². The molecule has 4 unspecified atom stereocenters. The summed E-state index contributed by atoms with van der Waals surface area (Å²) in [5, 5.41) is 20.2. The smallest absolute Gasteiger partial charge is 0.326 e. The lowest BCUT2D eigenvalue weighted by Gasteiger charge is -2.26. The van der Waals surface area contributed by atoms with Crippen molar-refractivity contribution < 1.29 is 24.3 Å². The molecule has 6 N–H and O–H groups in total. The van der Waals surface area contributed by atoms with E-state index in [1.807, 2.05) is 0 Å². The highest BCUT2D eigenvalue weighted by atomic mass is 32.1. The summed E-state index contributed by atoms with van der Waals surface area (Å²) in [5.41, 5.74) is 0.544. The first-order chi connectivity index (χ1) is 14.7. The van der Waals surface area contributed by atoms with Crippen LogP contribution in [0.3, 0.4) is 0 Å². The van der Waals surface area contributed by atoms with E-state index in [1.54, 1.807) is 13.8 Å². The molecule has 12 heteroatoms. The summed E-state index contributed by atoms with van der Waals surface area (Å²) < 4.78 is 0. The van der Waals surface area contributed by atoms with Crippen LogP contribution in [0.25, 0.3) is 0 Å². The standard InChI is InChI=1S/C19H30N6O5S/c1-10(2)15(25-16(26)12-4-3-5-21-12)18(28)24-14(8-31)17(27)23-13(19(29)30)6-11-7-20-9-22-11/h7,9-10,12-15,21,31H,3-6,8H2,1-2H3,(H,20,22)(H,23,27)(H,24,28)(H,25,26)(H,29,30). The molecular weight excluding hydrogens is 424 g/mol. The molecular formula is C19H30N6O5S. The summed E-state index contributed by atoms with van der Waals surface area (Å²) in [5.74, 6) is -2.96. The van der Waals surface area contributed by atoms with Crippen molar-refractivity contribution in [2.45, 2.75) is 57.3 Å². The Labute approximate surface area is 185 Å². The molecule has 2 rings (SSSR count). The van der Waals surface area contributed by atoms with Crippen molar-refractivity contribution in [2.24, 2.45) is 5.92 Å². The van der Waals surface area contributed by atoms with Crippen LogP contribution in [0.4, 0.5) is 0 Å². The molecule has 1 aliphatic heterocycles. The van der Waals surface area contributed by atoms with Crippen molar-refractivity contribution in [2.75, 3.05) is 12.3 Å². The SMILES string of the molecule is CC(C)C(NC(=O)C1CCCN1)C(=O)NC(CS)C(=O)NC(Cc1cnc[nH]1)C(=O)O. The third kappa shape index (κ3) is 7.24. The zero-order chi connectivity index (χ0) is 23.0. The number of aromatic nitrogens is 2. The topological polar surface area (TPSA) is 165 Å². The normalized spacial score (nSPS) is 18.8. The van der Waals surface area contributed by atoms with Gasteiger partial charge in [-0.2, -0.15) is 12.6 Å². The molecule has 172 valence electrons. The summed E-state index contributed by atoms with van der Waals surface area (Å²) >= 11 is 4.12. The Morgan fingerprint density at radius 2 is 1.90 bits per heavy atom. The van der Waals surface area contributed by atoms with Crippen LogP contribution in [0.1, 0.15) is 32.4 Å². The summed E-state index contributed by atoms with van der Waals surface area (Å²) in [6.07, 6.45) is 4.48. The van der Waals surface area contributed by atoms with Crippen molar-refractivity contribution >= 4 is 36.3 Å². The number of carboxylic acids is 1. The fourth-order valence-corrected chi connectivity index (χ4v) is 3.50. The van der Waals surface area contributed by atoms with Gasteiger partial charge in [0.1, 0.15) is 18.1 Å². The Bertz CT molecular complexity index is 766. The van der Waals surface area contributed by atoms with Gasteiger partial charge in [-0.15, -0.1) is 0 Å². The Balaban J connectivity index is 1.98. The minimum absolute atomic E-state index is 0.00732. The molecule has 0 bridgehead atoms. The molecule has 0 aromatic carbocycles. The molecule has 1 saturated heterocycles. The summed E-state index contributed by atoms with van der Waals surface area (Å²) in [4.78, 5) is 56.0. The van der Waals surface area contributed by atoms with Crippen LogP contribution in [0.2, 0.25) is 0 Å². The monoisotopic (exact) mass is 454 g/mol. The first-order valence-corrected chi connectivity index (χ1v) is 10.8. The van der Waals surface area contributed by atoms with Crippen LogP contribution in [0.15, 0.2) is 12.5 Å². The van der Waals surface area contributed by atoms with Gasteiger partial charge in [0.15, 0.2) is 0 Å². The molecule has 4 atom stereocenters. The van der Waals surface area contributed by atoms with E-state index in [0.29, 0.717) is 12.1 Å². The molecule has 1 fully saturated rings. The maximum absolute atomic E-state index is 12.8. The molecule has 31 heavy (non-hydrogen) atoms. The number of nitrogens with zero attached hydrogens (tertiary/aromatic N) is 1. The molecule has 11 nitrogen and oxygen atoms in total. The van der Waals surface area contributed by atoms with Crippen LogP contribution in [-0.4, -0.2) is 75.2 Å². The number of carbonyl (C=O) groups excluding carboxylic acids is 3. The van der Waals surface area contributed by atoms with E-state index in [1.165, 1.54) is 12.5 Å². The number of thiol groups is 1. The van der Waals surface area contributed by atoms with Crippen molar-refractivity contribution in [1.82, 2.24) is 31.2 Å². The fraction of sp³-hybridized carbons (Fsp3) is 0.632. The van der Waals surface area contributed by atoms with E-state index >= 15 is 0 Å². The maximum Gasteiger partial charge on any atom is 0.326 e. The Morgan fingerprint density at radius 1 is 1.19 bits per heavy atom. The van der Waals surface area contributed by atoms with Gasteiger partial charge in [0, 0.05) is 24.1 Å². The number of aromatic amines is 1. The molecule has 1 aromatic rings. The van der Waals surface area contributed by atoms with Gasteiger partial charge in [-0.05, 0) is 25.3 Å². The van der Waals surface area contributed by atoms with Crippen LogP contribution < -0.4 is 21.3 Å². The first-order valence-electron chi connectivity index (χ1n) is 10.2. The van der Waals surface area contributed by atoms with Gasteiger partial charge in [0.05, 0.1) is 12.4 Å². The lowest BCUT2D eigenvalue weighted by Crippen LogP contribution is -2.59. The van der Waals surface area contributed by atoms with Gasteiger partial charge >= 0.3 is 5.97 Å². The van der Waals surface area contributed by atoms with Crippen LogP contribution in [0.5, 0.6) is 0 Å². The van der Waals surface area contributed by atoms with E-state index in [-0.39, 0.29) is 30.0 Å². The molecule has 2 heterocycles. The number of H-pyrrole nitrogens is 1. The van der Waals surface area contributed by atoms with E-state index in [0.717, 1.165) is 13.0 Å². The predicted molar refractivity (Wildman–Crippen MR) is 115 cm³/mol. The Hall–Kier alpha value is -2.60. The molecule has 0 aliphatic carbocycles. The number of hydrogen-bond donors (Lipinski definition) is 7. The highest BCUT2D eigenvalue weighted by Crippen LogP contribution is 2.08. The van der Waals surface area contributed by atoms with E-state index in [9.17, 15) is 24.3 Å². The lowest BCUT2D eigenvalue weighted by atomic mass is 10.0. The number of amides is 3. The highest BCUT2D eigenvalue weighted by molar-refractivity contribution is 7.80. The predicted octanol–water partition coefficient (Wildman–Crippen LogP) is -1.17. The fourth-order valence-electron chi connectivity index (χ4n) is 3.24. The third-order valence-corrected chi connectivity index (χ3v) is 5.40. The van der Waals surface area contributed by atoms with Crippen molar-refractivity contribution in [3.63, 3.8) is 0 Å². The quantitative estimate of drug-likeness (QED) is 0.207. The zero-order valence-electron chi connectivity index (χ0n) is 17.6. The number of aliphatic carboxylic acids is 1. The second-order valence-corrected chi connectivity index (χ2v) is 8.17. The molecule has 1 aliphatic rings. The van der Waals surface area contributed by atoms with Crippen LogP contribution in [0, 0.1) is 5.92 Å². The summed E-state index contributed by atoms with van der Waals surface area (Å²) in [7, 11) is 0. The van der Waals surface area contributed by atoms with Crippen LogP contribution in [-0.2, 0) is 25.6 Å². The van der Waals surface area contributed by atoms with Crippen molar-refractivity contribution in [1.29, 1.82) is 0 Å². The minimum atomic E-state index is -1.22. The molecule has 3 amide bonds. The lowest BCUT2D eigenvalue weighted by molar-refractivity contribution is -0.142. The van der Waals surface area contributed by atoms with E-state index < -0.39 is 35.9 Å². The summed E-state index contributed by atoms with van der Waals surface area (Å²) in [6, 6.07) is -3.45. The number of carbonyl (C=O) groups is 4. The van der Waals surface area contributed by atoms with Crippen LogP contribution >= 0.6 is 12.6 Å². The molecule has 1 aromatic heterocycles. The zero-order valence-corrected chi connectivity index (χ0v) is 18.4. The van der Waals surface area contributed by atoms with Gasteiger partial charge in [-0.3, -0.25) is 14.4 Å². The summed E-state index contributed by atoms with van der Waals surface area (Å²) in [6.45, 7) is 4.32. The number of carboxylic acid groups (broad SMARTS) is 1. The Kier molecular flexibility index (Phi) is 9.31. The van der Waals surface area contributed by atoms with Gasteiger partial charge in [0.25, 0.3) is 0 Å². The average molecular weight is 455 g/mol. The van der Waals surface area contributed by atoms with Gasteiger partial charge in [0.2, 0.25) is 17.7 Å². The minimum Gasteiger partial charge on any atom is -0.480 e. The largest absolute Gasteiger partial charge is 0.480 e. The average Bonchev–Trinajstić information content (AvgIpc) is 3.42.